The third-order valence-electron chi connectivity index (χ3n) is 0.804. The minimum atomic E-state index is -1.14. The molecule has 0 saturated heterocycles. The van der Waals surface area contributed by atoms with Crippen molar-refractivity contribution in [3.8, 4) is 0 Å². The average molecular weight is 148 g/mol. The van der Waals surface area contributed by atoms with Gasteiger partial charge < -0.3 is 21.8 Å². The van der Waals surface area contributed by atoms with Gasteiger partial charge in [-0.05, 0) is 12.8 Å². The standard InChI is InChI=1S/C5H9NO3.H3N/c6-4(7)2-1-3-5(8)9;/h1-3H2,(H2,6,7)(H,8,9);1H3. The first-order valence-corrected chi connectivity index (χ1v) is 2.61. The number of hydrogen-bond donors (Lipinski definition) is 2. The Hall–Kier alpha value is -1.10. The van der Waals surface area contributed by atoms with Crippen LogP contribution < -0.4 is 17.0 Å². The summed E-state index contributed by atoms with van der Waals surface area (Å²) < 4.78 is 0. The molecule has 0 heterocycles. The van der Waals surface area contributed by atoms with E-state index in [-0.39, 0.29) is 25.4 Å². The molecule has 1 amide bonds. The van der Waals surface area contributed by atoms with E-state index in [0.29, 0.717) is 0 Å². The number of amides is 1. The number of rotatable bonds is 4. The molecule has 0 atom stereocenters. The Morgan fingerprint density at radius 1 is 1.30 bits per heavy atom. The van der Waals surface area contributed by atoms with Crippen LogP contribution in [0.2, 0.25) is 0 Å². The summed E-state index contributed by atoms with van der Waals surface area (Å²) in [6, 6.07) is 0. The largest absolute Gasteiger partial charge is 0.550 e. The van der Waals surface area contributed by atoms with E-state index < -0.39 is 11.9 Å². The van der Waals surface area contributed by atoms with Crippen molar-refractivity contribution in [2.45, 2.75) is 19.3 Å². The molecule has 0 unspecified atom stereocenters. The Bertz CT molecular complexity index is 110. The van der Waals surface area contributed by atoms with Gasteiger partial charge in [0, 0.05) is 12.4 Å². The van der Waals surface area contributed by atoms with E-state index in [1.54, 1.807) is 0 Å². The molecule has 0 spiro atoms. The van der Waals surface area contributed by atoms with Gasteiger partial charge in [-0.2, -0.15) is 0 Å². The lowest BCUT2D eigenvalue weighted by Crippen LogP contribution is -2.22. The topological polar surface area (TPSA) is 120 Å². The van der Waals surface area contributed by atoms with Crippen LogP contribution in [0.15, 0.2) is 0 Å². The summed E-state index contributed by atoms with van der Waals surface area (Å²) in [5.74, 6) is -1.62. The third-order valence-corrected chi connectivity index (χ3v) is 0.804. The van der Waals surface area contributed by atoms with Crippen molar-refractivity contribution >= 4 is 11.9 Å². The second-order valence-corrected chi connectivity index (χ2v) is 1.69. The van der Waals surface area contributed by atoms with Crippen molar-refractivity contribution in [1.82, 2.24) is 6.15 Å². The van der Waals surface area contributed by atoms with Crippen LogP contribution in [0.25, 0.3) is 0 Å². The molecule has 0 aliphatic rings. The summed E-state index contributed by atoms with van der Waals surface area (Å²) in [5.41, 5.74) is 4.73. The molecule has 6 N–H and O–H groups in total. The van der Waals surface area contributed by atoms with Gasteiger partial charge in [0.15, 0.2) is 0 Å². The maximum atomic E-state index is 9.99. The smallest absolute Gasteiger partial charge is 0.217 e. The summed E-state index contributed by atoms with van der Waals surface area (Å²) in [7, 11) is 0. The van der Waals surface area contributed by atoms with Gasteiger partial charge >= 0.3 is 0 Å². The minimum absolute atomic E-state index is 0. The first kappa shape index (κ1) is 11.7. The number of hydrogen-bond acceptors (Lipinski definition) is 3. The lowest BCUT2D eigenvalue weighted by Gasteiger charge is -1.97. The first-order chi connectivity index (χ1) is 4.13. The first-order valence-electron chi connectivity index (χ1n) is 2.61. The quantitative estimate of drug-likeness (QED) is 0.519. The van der Waals surface area contributed by atoms with E-state index in [0.717, 1.165) is 0 Å². The molecule has 0 rings (SSSR count). The maximum absolute atomic E-state index is 9.99. The van der Waals surface area contributed by atoms with Gasteiger partial charge in [-0.1, -0.05) is 0 Å². The molecule has 0 aromatic rings. The van der Waals surface area contributed by atoms with Gasteiger partial charge in [-0.25, -0.2) is 0 Å². The SMILES string of the molecule is NC(=O)CCCC(=O)[O-].[NH4+]. The zero-order valence-electron chi connectivity index (χ0n) is 5.92. The van der Waals surface area contributed by atoms with Gasteiger partial charge in [-0.15, -0.1) is 0 Å². The van der Waals surface area contributed by atoms with E-state index in [4.69, 9.17) is 5.73 Å². The summed E-state index contributed by atoms with van der Waals surface area (Å²) in [4.78, 5) is 19.7. The Balaban J connectivity index is 0. The number of aliphatic carboxylic acids is 1. The third kappa shape index (κ3) is 10.0. The van der Waals surface area contributed by atoms with Gasteiger partial charge in [-0.3, -0.25) is 4.79 Å². The second kappa shape index (κ2) is 6.03. The minimum Gasteiger partial charge on any atom is -0.550 e. The molecule has 0 aliphatic heterocycles. The molecule has 0 aliphatic carbocycles. The summed E-state index contributed by atoms with van der Waals surface area (Å²) >= 11 is 0. The van der Waals surface area contributed by atoms with Crippen LogP contribution in [0.4, 0.5) is 0 Å². The van der Waals surface area contributed by atoms with Crippen LogP contribution in [0.1, 0.15) is 19.3 Å². The highest BCUT2D eigenvalue weighted by atomic mass is 16.4. The summed E-state index contributed by atoms with van der Waals surface area (Å²) in [6.07, 6.45) is 0.300. The van der Waals surface area contributed by atoms with Crippen LogP contribution in [0.5, 0.6) is 0 Å². The fourth-order valence-corrected chi connectivity index (χ4v) is 0.407. The highest BCUT2D eigenvalue weighted by molar-refractivity contribution is 5.74. The van der Waals surface area contributed by atoms with E-state index in [1.807, 2.05) is 0 Å². The Kier molecular flexibility index (Phi) is 7.03. The van der Waals surface area contributed by atoms with Crippen LogP contribution in [-0.2, 0) is 9.59 Å². The Morgan fingerprint density at radius 3 is 2.10 bits per heavy atom. The predicted molar refractivity (Wildman–Crippen MR) is 34.0 cm³/mol. The fourth-order valence-electron chi connectivity index (χ4n) is 0.407. The highest BCUT2D eigenvalue weighted by Gasteiger charge is 1.92. The van der Waals surface area contributed by atoms with Crippen molar-refractivity contribution in [2.24, 2.45) is 5.73 Å². The molecule has 5 nitrogen and oxygen atoms in total. The average Bonchev–Trinajstić information content (AvgIpc) is 1.63. The zero-order chi connectivity index (χ0) is 7.28. The molecule has 10 heavy (non-hydrogen) atoms. The van der Waals surface area contributed by atoms with Crippen molar-refractivity contribution in [3.63, 3.8) is 0 Å². The predicted octanol–water partition coefficient (Wildman–Crippen LogP) is -1.23. The van der Waals surface area contributed by atoms with Gasteiger partial charge in [0.1, 0.15) is 0 Å². The van der Waals surface area contributed by atoms with Crippen molar-refractivity contribution in [3.05, 3.63) is 0 Å². The molecule has 60 valence electrons. The summed E-state index contributed by atoms with van der Waals surface area (Å²) in [6.45, 7) is 0. The fraction of sp³-hybridized carbons (Fsp3) is 0.600. The molecule has 0 aromatic heterocycles. The highest BCUT2D eigenvalue weighted by Crippen LogP contribution is 1.91. The number of nitrogens with two attached hydrogens (primary N) is 1. The number of quaternary nitrogens is 1. The number of primary amides is 1. The van der Waals surface area contributed by atoms with E-state index in [9.17, 15) is 14.7 Å². The number of carbonyl (C=O) groups is 2. The molecule has 0 saturated carbocycles. The lowest BCUT2D eigenvalue weighted by molar-refractivity contribution is -0.305. The molecular formula is C5H12N2O3. The van der Waals surface area contributed by atoms with Crippen LogP contribution in [0, 0.1) is 0 Å². The van der Waals surface area contributed by atoms with Crippen LogP contribution >= 0.6 is 0 Å². The van der Waals surface area contributed by atoms with Gasteiger partial charge in [0.05, 0.1) is 0 Å². The lowest BCUT2D eigenvalue weighted by atomic mass is 10.2. The van der Waals surface area contributed by atoms with Crippen LogP contribution in [0.3, 0.4) is 0 Å². The maximum Gasteiger partial charge on any atom is 0.217 e. The van der Waals surface area contributed by atoms with E-state index in [1.165, 1.54) is 0 Å². The molecule has 0 radical (unpaired) electrons. The molecular weight excluding hydrogens is 136 g/mol. The van der Waals surface area contributed by atoms with Crippen molar-refractivity contribution < 1.29 is 14.7 Å². The monoisotopic (exact) mass is 148 g/mol. The second-order valence-electron chi connectivity index (χ2n) is 1.69. The number of carboxylic acid groups (broad SMARTS) is 1. The van der Waals surface area contributed by atoms with E-state index >= 15 is 0 Å². The summed E-state index contributed by atoms with van der Waals surface area (Å²) in [5, 5.41) is 9.72. The number of carbonyl (C=O) groups excluding carboxylic acids is 2. The van der Waals surface area contributed by atoms with Gasteiger partial charge in [0.25, 0.3) is 0 Å². The van der Waals surface area contributed by atoms with E-state index in [2.05, 4.69) is 0 Å². The zero-order valence-corrected chi connectivity index (χ0v) is 5.92. The Labute approximate surface area is 58.8 Å². The van der Waals surface area contributed by atoms with Crippen LogP contribution in [-0.4, -0.2) is 11.9 Å². The Morgan fingerprint density at radius 2 is 1.80 bits per heavy atom. The van der Waals surface area contributed by atoms with Gasteiger partial charge in [0.2, 0.25) is 5.91 Å². The van der Waals surface area contributed by atoms with Crippen molar-refractivity contribution in [2.75, 3.05) is 0 Å². The normalized spacial score (nSPS) is 8.00. The van der Waals surface area contributed by atoms with Crippen molar-refractivity contribution in [1.29, 1.82) is 0 Å². The molecule has 5 heteroatoms. The molecule has 0 bridgehead atoms. The molecule has 0 fully saturated rings. The number of carboxylic acids is 1. The molecule has 0 aromatic carbocycles.